The summed E-state index contributed by atoms with van der Waals surface area (Å²) in [4.78, 5) is 3.85. The molecule has 0 aliphatic carbocycles. The van der Waals surface area contributed by atoms with Gasteiger partial charge >= 0.3 is 6.61 Å². The van der Waals surface area contributed by atoms with Crippen LogP contribution in [0.2, 0.25) is 0 Å². The lowest BCUT2D eigenvalue weighted by Crippen LogP contribution is -2.04. The summed E-state index contributed by atoms with van der Waals surface area (Å²) in [7, 11) is 0. The number of nitrogens with zero attached hydrogens (tertiary/aromatic N) is 1. The van der Waals surface area contributed by atoms with Gasteiger partial charge in [0.1, 0.15) is 22.9 Å². The van der Waals surface area contributed by atoms with Crippen LogP contribution >= 0.6 is 0 Å². The van der Waals surface area contributed by atoms with Gasteiger partial charge in [-0.05, 0) is 35.9 Å². The number of rotatable bonds is 5. The number of hydrogen-bond acceptors (Lipinski definition) is 3. The van der Waals surface area contributed by atoms with E-state index in [1.54, 1.807) is 12.1 Å². The molecule has 24 heavy (non-hydrogen) atoms. The lowest BCUT2D eigenvalue weighted by molar-refractivity contribution is -0.0498. The van der Waals surface area contributed by atoms with Crippen LogP contribution in [0.1, 0.15) is 5.56 Å². The molecule has 1 aromatic heterocycles. The van der Waals surface area contributed by atoms with E-state index in [1.807, 2.05) is 0 Å². The fourth-order valence-corrected chi connectivity index (χ4v) is 2.37. The van der Waals surface area contributed by atoms with Crippen LogP contribution in [0.15, 0.2) is 48.7 Å². The standard InChI is InChI=1S/C17H12F4N2O/c18-12-4-5-13(19)16-15(12)14(6-7-22-16)23-9-10-2-1-3-11(8-10)24-17(20)21/h1-8,17H,9H2,(H,22,23). The molecule has 7 heteroatoms. The molecule has 0 saturated carbocycles. The first-order valence-electron chi connectivity index (χ1n) is 7.05. The molecule has 0 saturated heterocycles. The molecular weight excluding hydrogens is 324 g/mol. The molecule has 0 spiro atoms. The molecule has 124 valence electrons. The number of hydrogen-bond donors (Lipinski definition) is 1. The van der Waals surface area contributed by atoms with E-state index in [9.17, 15) is 17.6 Å². The van der Waals surface area contributed by atoms with Gasteiger partial charge in [-0.3, -0.25) is 4.98 Å². The fourth-order valence-electron chi connectivity index (χ4n) is 2.37. The molecule has 3 nitrogen and oxygen atoms in total. The highest BCUT2D eigenvalue weighted by Gasteiger charge is 2.11. The Kier molecular flexibility index (Phi) is 4.50. The number of fused-ring (bicyclic) bond motifs is 1. The van der Waals surface area contributed by atoms with Gasteiger partial charge in [0.25, 0.3) is 0 Å². The zero-order valence-corrected chi connectivity index (χ0v) is 12.3. The van der Waals surface area contributed by atoms with Crippen LogP contribution in [0, 0.1) is 11.6 Å². The third-order valence-corrected chi connectivity index (χ3v) is 3.40. The lowest BCUT2D eigenvalue weighted by Gasteiger charge is -2.11. The first-order valence-corrected chi connectivity index (χ1v) is 7.05. The SMILES string of the molecule is Fc1ccc(F)c2c(NCc3cccc(OC(F)F)c3)ccnc12. The van der Waals surface area contributed by atoms with Crippen molar-refractivity contribution in [3.63, 3.8) is 0 Å². The number of alkyl halides is 2. The molecule has 0 aliphatic rings. The molecule has 0 aliphatic heterocycles. The second-order valence-electron chi connectivity index (χ2n) is 4.99. The summed E-state index contributed by atoms with van der Waals surface area (Å²) in [5.41, 5.74) is 0.932. The van der Waals surface area contributed by atoms with Crippen molar-refractivity contribution in [1.82, 2.24) is 4.98 Å². The maximum atomic E-state index is 14.0. The Morgan fingerprint density at radius 1 is 1.04 bits per heavy atom. The van der Waals surface area contributed by atoms with Crippen molar-refractivity contribution < 1.29 is 22.3 Å². The van der Waals surface area contributed by atoms with E-state index in [4.69, 9.17) is 0 Å². The molecule has 0 bridgehead atoms. The number of pyridine rings is 1. The van der Waals surface area contributed by atoms with E-state index in [0.29, 0.717) is 11.3 Å². The Hall–Kier alpha value is -2.83. The molecule has 1 N–H and O–H groups in total. The number of nitrogens with one attached hydrogen (secondary N) is 1. The molecule has 0 fully saturated rings. The monoisotopic (exact) mass is 336 g/mol. The highest BCUT2D eigenvalue weighted by atomic mass is 19.3. The van der Waals surface area contributed by atoms with E-state index in [0.717, 1.165) is 12.1 Å². The summed E-state index contributed by atoms with van der Waals surface area (Å²) in [5, 5.41) is 3.00. The van der Waals surface area contributed by atoms with E-state index < -0.39 is 18.2 Å². The van der Waals surface area contributed by atoms with Gasteiger partial charge in [0.2, 0.25) is 0 Å². The van der Waals surface area contributed by atoms with E-state index in [-0.39, 0.29) is 23.2 Å². The maximum Gasteiger partial charge on any atom is 0.387 e. The van der Waals surface area contributed by atoms with Gasteiger partial charge in [0, 0.05) is 18.4 Å². The van der Waals surface area contributed by atoms with Gasteiger partial charge in [-0.2, -0.15) is 8.78 Å². The minimum Gasteiger partial charge on any atom is -0.435 e. The van der Waals surface area contributed by atoms with Crippen molar-refractivity contribution in [1.29, 1.82) is 0 Å². The third kappa shape index (κ3) is 3.40. The molecule has 1 heterocycles. The smallest absolute Gasteiger partial charge is 0.387 e. The fraction of sp³-hybridized carbons (Fsp3) is 0.118. The van der Waals surface area contributed by atoms with E-state index in [1.165, 1.54) is 24.4 Å². The van der Waals surface area contributed by atoms with Crippen LogP contribution in [0.3, 0.4) is 0 Å². The van der Waals surface area contributed by atoms with Crippen LogP contribution in [0.5, 0.6) is 5.75 Å². The number of aromatic nitrogens is 1. The van der Waals surface area contributed by atoms with Crippen molar-refractivity contribution in [2.75, 3.05) is 5.32 Å². The van der Waals surface area contributed by atoms with Crippen molar-refractivity contribution in [2.24, 2.45) is 0 Å². The summed E-state index contributed by atoms with van der Waals surface area (Å²) < 4.78 is 56.6. The van der Waals surface area contributed by atoms with Crippen LogP contribution in [0.25, 0.3) is 10.9 Å². The molecular formula is C17H12F4N2O. The normalized spacial score (nSPS) is 11.0. The molecule has 0 atom stereocenters. The van der Waals surface area contributed by atoms with Gasteiger partial charge < -0.3 is 10.1 Å². The highest BCUT2D eigenvalue weighted by Crippen LogP contribution is 2.27. The topological polar surface area (TPSA) is 34.1 Å². The van der Waals surface area contributed by atoms with Crippen molar-refractivity contribution in [2.45, 2.75) is 13.2 Å². The Labute approximate surface area is 134 Å². The molecule has 0 unspecified atom stereocenters. The Morgan fingerprint density at radius 2 is 1.83 bits per heavy atom. The minimum absolute atomic E-state index is 0.0288. The molecule has 3 aromatic rings. The van der Waals surface area contributed by atoms with Gasteiger partial charge in [0.05, 0.1) is 5.39 Å². The van der Waals surface area contributed by atoms with Crippen LogP contribution in [0.4, 0.5) is 23.2 Å². The Bertz CT molecular complexity index is 870. The van der Waals surface area contributed by atoms with Crippen molar-refractivity contribution in [3.05, 3.63) is 65.9 Å². The maximum absolute atomic E-state index is 14.0. The highest BCUT2D eigenvalue weighted by molar-refractivity contribution is 5.91. The Morgan fingerprint density at radius 3 is 2.62 bits per heavy atom. The largest absolute Gasteiger partial charge is 0.435 e. The second-order valence-corrected chi connectivity index (χ2v) is 4.99. The van der Waals surface area contributed by atoms with E-state index >= 15 is 0 Å². The molecule has 2 aromatic carbocycles. The molecule has 0 amide bonds. The summed E-state index contributed by atoms with van der Waals surface area (Å²) in [6.45, 7) is -2.69. The van der Waals surface area contributed by atoms with Crippen molar-refractivity contribution in [3.8, 4) is 5.75 Å². The summed E-state index contributed by atoms with van der Waals surface area (Å²) in [5.74, 6) is -1.19. The lowest BCUT2D eigenvalue weighted by atomic mass is 10.1. The number of ether oxygens (including phenoxy) is 1. The number of anilines is 1. The summed E-state index contributed by atoms with van der Waals surface area (Å²) in [6.07, 6.45) is 1.36. The van der Waals surface area contributed by atoms with Crippen LogP contribution in [-0.2, 0) is 6.54 Å². The van der Waals surface area contributed by atoms with Gasteiger partial charge in [0.15, 0.2) is 0 Å². The average Bonchev–Trinajstić information content (AvgIpc) is 2.56. The number of benzene rings is 2. The average molecular weight is 336 g/mol. The van der Waals surface area contributed by atoms with Crippen LogP contribution < -0.4 is 10.1 Å². The van der Waals surface area contributed by atoms with Crippen LogP contribution in [-0.4, -0.2) is 11.6 Å². The first-order chi connectivity index (χ1) is 11.5. The number of halogens is 4. The zero-order chi connectivity index (χ0) is 17.1. The van der Waals surface area contributed by atoms with E-state index in [2.05, 4.69) is 15.0 Å². The predicted molar refractivity (Wildman–Crippen MR) is 82.1 cm³/mol. The quantitative estimate of drug-likeness (QED) is 0.684. The summed E-state index contributed by atoms with van der Waals surface area (Å²) in [6, 6.07) is 9.68. The predicted octanol–water partition coefficient (Wildman–Crippen LogP) is 4.73. The van der Waals surface area contributed by atoms with Gasteiger partial charge in [-0.15, -0.1) is 0 Å². The molecule has 3 rings (SSSR count). The molecule has 0 radical (unpaired) electrons. The third-order valence-electron chi connectivity index (χ3n) is 3.40. The first kappa shape index (κ1) is 16.0. The Balaban J connectivity index is 1.85. The van der Waals surface area contributed by atoms with Gasteiger partial charge in [-0.1, -0.05) is 12.1 Å². The minimum atomic E-state index is -2.91. The summed E-state index contributed by atoms with van der Waals surface area (Å²) >= 11 is 0. The van der Waals surface area contributed by atoms with Gasteiger partial charge in [-0.25, -0.2) is 8.78 Å². The zero-order valence-electron chi connectivity index (χ0n) is 12.3. The van der Waals surface area contributed by atoms with Crippen molar-refractivity contribution >= 4 is 16.6 Å². The second kappa shape index (κ2) is 6.74.